The number of carbonyl (C=O) groups excluding carboxylic acids is 2. The molecule has 3 rings (SSSR count). The molecular weight excluding hydrogens is 347 g/mol. The van der Waals surface area contributed by atoms with Gasteiger partial charge in [-0.1, -0.05) is 12.1 Å². The lowest BCUT2D eigenvalue weighted by molar-refractivity contribution is -0.122. The minimum atomic E-state index is -1.25. The first-order chi connectivity index (χ1) is 12.4. The Balaban J connectivity index is 1.92. The summed E-state index contributed by atoms with van der Waals surface area (Å²) >= 11 is 0. The number of halogens is 3. The van der Waals surface area contributed by atoms with Crippen LogP contribution in [0.5, 0.6) is 0 Å². The van der Waals surface area contributed by atoms with E-state index in [0.29, 0.717) is 5.52 Å². The van der Waals surface area contributed by atoms with Crippen molar-refractivity contribution >= 4 is 22.7 Å². The number of nitrogens with one attached hydrogen (secondary N) is 3. The predicted octanol–water partition coefficient (Wildman–Crippen LogP) is 2.80. The first-order valence-corrected chi connectivity index (χ1v) is 7.65. The van der Waals surface area contributed by atoms with E-state index in [1.54, 1.807) is 6.07 Å². The van der Waals surface area contributed by atoms with Crippen molar-refractivity contribution in [3.8, 4) is 0 Å². The van der Waals surface area contributed by atoms with E-state index in [1.165, 1.54) is 31.3 Å². The van der Waals surface area contributed by atoms with E-state index in [1.807, 2.05) is 0 Å². The summed E-state index contributed by atoms with van der Waals surface area (Å²) in [6, 6.07) is 7.30. The molecule has 3 aromatic rings. The first kappa shape index (κ1) is 17.5. The highest BCUT2D eigenvalue weighted by Gasteiger charge is 2.24. The molecule has 1 aromatic heterocycles. The highest BCUT2D eigenvalue weighted by molar-refractivity contribution is 6.00. The molecule has 2 aromatic carbocycles. The van der Waals surface area contributed by atoms with Gasteiger partial charge < -0.3 is 15.6 Å². The van der Waals surface area contributed by atoms with Crippen LogP contribution in [-0.2, 0) is 4.79 Å². The Bertz CT molecular complexity index is 1000. The average Bonchev–Trinajstić information content (AvgIpc) is 3.07. The van der Waals surface area contributed by atoms with Crippen LogP contribution >= 0.6 is 0 Å². The smallest absolute Gasteiger partial charge is 0.268 e. The van der Waals surface area contributed by atoms with Crippen LogP contribution in [0.4, 0.5) is 13.2 Å². The van der Waals surface area contributed by atoms with Gasteiger partial charge in [0.15, 0.2) is 11.6 Å². The molecule has 1 unspecified atom stereocenters. The zero-order valence-corrected chi connectivity index (χ0v) is 13.6. The standard InChI is InChI=1S/C18H14F3N3O2/c1-22-18(26)16(9-5-6-12(20)13(21)7-9)24-17(25)15-8-10-11(19)3-2-4-14(10)23-15/h2-8,16,23H,1H3,(H,22,26)(H,24,25). The molecule has 2 amide bonds. The van der Waals surface area contributed by atoms with E-state index in [2.05, 4.69) is 15.6 Å². The van der Waals surface area contributed by atoms with Crippen LogP contribution in [0.1, 0.15) is 22.1 Å². The maximum absolute atomic E-state index is 13.8. The summed E-state index contributed by atoms with van der Waals surface area (Å²) in [5.74, 6) is -4.02. The highest BCUT2D eigenvalue weighted by Crippen LogP contribution is 2.21. The SMILES string of the molecule is CNC(=O)C(NC(=O)c1cc2c(F)cccc2[nH]1)c1ccc(F)c(F)c1. The molecule has 8 heteroatoms. The number of H-pyrrole nitrogens is 1. The zero-order valence-electron chi connectivity index (χ0n) is 13.6. The summed E-state index contributed by atoms with van der Waals surface area (Å²) in [5, 5.41) is 5.01. The number of fused-ring (bicyclic) bond motifs is 1. The molecule has 134 valence electrons. The largest absolute Gasteiger partial charge is 0.357 e. The van der Waals surface area contributed by atoms with Gasteiger partial charge in [-0.2, -0.15) is 0 Å². The minimum Gasteiger partial charge on any atom is -0.357 e. The van der Waals surface area contributed by atoms with Crippen LogP contribution in [0.25, 0.3) is 10.9 Å². The van der Waals surface area contributed by atoms with Crippen LogP contribution in [0.3, 0.4) is 0 Å². The molecule has 5 nitrogen and oxygen atoms in total. The van der Waals surface area contributed by atoms with E-state index in [4.69, 9.17) is 0 Å². The van der Waals surface area contributed by atoms with Gasteiger partial charge in [-0.25, -0.2) is 13.2 Å². The second kappa shape index (κ2) is 6.91. The average molecular weight is 361 g/mol. The highest BCUT2D eigenvalue weighted by atomic mass is 19.2. The van der Waals surface area contributed by atoms with Gasteiger partial charge in [0.2, 0.25) is 5.91 Å². The monoisotopic (exact) mass is 361 g/mol. The molecule has 0 saturated carbocycles. The topological polar surface area (TPSA) is 74.0 Å². The lowest BCUT2D eigenvalue weighted by Gasteiger charge is -2.17. The summed E-state index contributed by atoms with van der Waals surface area (Å²) in [5.41, 5.74) is 0.514. The van der Waals surface area contributed by atoms with Gasteiger partial charge in [0.1, 0.15) is 17.6 Å². The molecule has 1 heterocycles. The second-order valence-corrected chi connectivity index (χ2v) is 5.58. The molecule has 0 spiro atoms. The maximum Gasteiger partial charge on any atom is 0.268 e. The summed E-state index contributed by atoms with van der Waals surface area (Å²) in [6.45, 7) is 0. The lowest BCUT2D eigenvalue weighted by atomic mass is 10.1. The molecule has 3 N–H and O–H groups in total. The van der Waals surface area contributed by atoms with Crippen molar-refractivity contribution < 1.29 is 22.8 Å². The number of likely N-dealkylation sites (N-methyl/N-ethyl adjacent to an activating group) is 1. The fourth-order valence-electron chi connectivity index (χ4n) is 2.59. The van der Waals surface area contributed by atoms with E-state index < -0.39 is 35.3 Å². The van der Waals surface area contributed by atoms with Crippen molar-refractivity contribution in [3.63, 3.8) is 0 Å². The molecule has 26 heavy (non-hydrogen) atoms. The van der Waals surface area contributed by atoms with Crippen molar-refractivity contribution in [2.45, 2.75) is 6.04 Å². The van der Waals surface area contributed by atoms with E-state index >= 15 is 0 Å². The normalized spacial score (nSPS) is 12.0. The Morgan fingerprint density at radius 3 is 2.42 bits per heavy atom. The molecule has 0 bridgehead atoms. The summed E-state index contributed by atoms with van der Waals surface area (Å²) in [6.07, 6.45) is 0. The molecule has 0 aliphatic heterocycles. The minimum absolute atomic E-state index is 0.0292. The maximum atomic E-state index is 13.8. The summed E-state index contributed by atoms with van der Waals surface area (Å²) in [7, 11) is 1.35. The van der Waals surface area contributed by atoms with Crippen molar-refractivity contribution in [1.29, 1.82) is 0 Å². The molecule has 0 aliphatic carbocycles. The third-order valence-corrected chi connectivity index (χ3v) is 3.92. The van der Waals surface area contributed by atoms with Crippen LogP contribution in [-0.4, -0.2) is 23.8 Å². The number of aromatic nitrogens is 1. The summed E-state index contributed by atoms with van der Waals surface area (Å²) < 4.78 is 40.4. The Labute approximate surface area is 146 Å². The van der Waals surface area contributed by atoms with Crippen molar-refractivity contribution in [3.05, 3.63) is 71.2 Å². The number of benzene rings is 2. The van der Waals surface area contributed by atoms with Crippen LogP contribution < -0.4 is 10.6 Å². The van der Waals surface area contributed by atoms with Crippen LogP contribution in [0, 0.1) is 17.5 Å². The van der Waals surface area contributed by atoms with Gasteiger partial charge in [-0.3, -0.25) is 9.59 Å². The molecule has 0 saturated heterocycles. The van der Waals surface area contributed by atoms with Crippen molar-refractivity contribution in [1.82, 2.24) is 15.6 Å². The zero-order chi connectivity index (χ0) is 18.8. The van der Waals surface area contributed by atoms with Gasteiger partial charge in [-0.15, -0.1) is 0 Å². The number of hydrogen-bond donors (Lipinski definition) is 3. The molecule has 0 fully saturated rings. The van der Waals surface area contributed by atoms with Crippen LogP contribution in [0.2, 0.25) is 0 Å². The van der Waals surface area contributed by atoms with Gasteiger partial charge >= 0.3 is 0 Å². The predicted molar refractivity (Wildman–Crippen MR) is 88.9 cm³/mol. The van der Waals surface area contributed by atoms with Crippen molar-refractivity contribution in [2.24, 2.45) is 0 Å². The number of aromatic amines is 1. The summed E-state index contributed by atoms with van der Waals surface area (Å²) in [4.78, 5) is 27.3. The van der Waals surface area contributed by atoms with Gasteiger partial charge in [0.05, 0.1) is 0 Å². The van der Waals surface area contributed by atoms with Gasteiger partial charge in [0.25, 0.3) is 5.91 Å². The Kier molecular flexibility index (Phi) is 4.66. The van der Waals surface area contributed by atoms with E-state index in [-0.39, 0.29) is 16.6 Å². The molecule has 1 atom stereocenters. The third kappa shape index (κ3) is 3.26. The fourth-order valence-corrected chi connectivity index (χ4v) is 2.59. The molecular formula is C18H14F3N3O2. The van der Waals surface area contributed by atoms with Crippen molar-refractivity contribution in [2.75, 3.05) is 7.05 Å². The number of rotatable bonds is 4. The van der Waals surface area contributed by atoms with Gasteiger partial charge in [0, 0.05) is 18.0 Å². The second-order valence-electron chi connectivity index (χ2n) is 5.58. The van der Waals surface area contributed by atoms with Crippen LogP contribution in [0.15, 0.2) is 42.5 Å². The number of hydrogen-bond acceptors (Lipinski definition) is 2. The first-order valence-electron chi connectivity index (χ1n) is 7.65. The fraction of sp³-hybridized carbons (Fsp3) is 0.111. The number of amides is 2. The number of carbonyl (C=O) groups is 2. The Hall–Kier alpha value is -3.29. The molecule has 0 radical (unpaired) electrons. The molecule has 0 aliphatic rings. The van der Waals surface area contributed by atoms with E-state index in [9.17, 15) is 22.8 Å². The quantitative estimate of drug-likeness (QED) is 0.669. The van der Waals surface area contributed by atoms with E-state index in [0.717, 1.165) is 12.1 Å². The Morgan fingerprint density at radius 1 is 1.00 bits per heavy atom. The Morgan fingerprint density at radius 2 is 1.77 bits per heavy atom. The van der Waals surface area contributed by atoms with Gasteiger partial charge in [-0.05, 0) is 35.9 Å². The lowest BCUT2D eigenvalue weighted by Crippen LogP contribution is -2.39. The third-order valence-electron chi connectivity index (χ3n) is 3.92.